The van der Waals surface area contributed by atoms with Crippen LogP contribution in [0.4, 0.5) is 11.4 Å². The van der Waals surface area contributed by atoms with E-state index in [1.807, 2.05) is 6.92 Å². The largest absolute Gasteiger partial charge is 0.398 e. The van der Waals surface area contributed by atoms with Crippen molar-refractivity contribution in [2.45, 2.75) is 37.5 Å². The van der Waals surface area contributed by atoms with Gasteiger partial charge in [-0.05, 0) is 24.6 Å². The van der Waals surface area contributed by atoms with Gasteiger partial charge in [-0.3, -0.25) is 9.35 Å². The third kappa shape index (κ3) is 4.88. The summed E-state index contributed by atoms with van der Waals surface area (Å²) in [6, 6.07) is 3.95. The molecule has 0 bridgehead atoms. The van der Waals surface area contributed by atoms with Crippen LogP contribution in [0.25, 0.3) is 0 Å². The lowest BCUT2D eigenvalue weighted by molar-refractivity contribution is -0.116. The Morgan fingerprint density at radius 2 is 2.05 bits per heavy atom. The molecule has 6 nitrogen and oxygen atoms in total. The summed E-state index contributed by atoms with van der Waals surface area (Å²) in [6.07, 6.45) is 3.13. The van der Waals surface area contributed by atoms with Gasteiger partial charge in [0.2, 0.25) is 5.91 Å². The molecule has 0 aliphatic heterocycles. The Balaban J connectivity index is 2.78. The molecule has 1 aromatic carbocycles. The predicted molar refractivity (Wildman–Crippen MR) is 73.4 cm³/mol. The molecule has 19 heavy (non-hydrogen) atoms. The van der Waals surface area contributed by atoms with Crippen molar-refractivity contribution in [3.8, 4) is 0 Å². The van der Waals surface area contributed by atoms with E-state index in [-0.39, 0.29) is 11.6 Å². The summed E-state index contributed by atoms with van der Waals surface area (Å²) in [4.78, 5) is 11.2. The summed E-state index contributed by atoms with van der Waals surface area (Å²) >= 11 is 0. The highest BCUT2D eigenvalue weighted by Gasteiger charge is 2.15. The van der Waals surface area contributed by atoms with Crippen LogP contribution in [0.15, 0.2) is 23.1 Å². The van der Waals surface area contributed by atoms with E-state index < -0.39 is 15.0 Å². The molecule has 1 rings (SSSR count). The lowest BCUT2D eigenvalue weighted by Gasteiger charge is -2.08. The summed E-state index contributed by atoms with van der Waals surface area (Å²) in [6.45, 7) is 2.04. The molecule has 0 aromatic heterocycles. The van der Waals surface area contributed by atoms with Gasteiger partial charge in [0.05, 0.1) is 5.69 Å². The minimum absolute atomic E-state index is 0.0634. The van der Waals surface area contributed by atoms with Crippen LogP contribution in [0.2, 0.25) is 0 Å². The van der Waals surface area contributed by atoms with Crippen LogP contribution in [-0.4, -0.2) is 18.9 Å². The molecule has 106 valence electrons. The van der Waals surface area contributed by atoms with E-state index in [1.54, 1.807) is 0 Å². The van der Waals surface area contributed by atoms with Gasteiger partial charge < -0.3 is 11.1 Å². The van der Waals surface area contributed by atoms with Crippen LogP contribution in [-0.2, 0) is 14.9 Å². The number of rotatable bonds is 6. The Morgan fingerprint density at radius 1 is 1.37 bits per heavy atom. The van der Waals surface area contributed by atoms with E-state index in [4.69, 9.17) is 10.3 Å². The first-order valence-electron chi connectivity index (χ1n) is 6.01. The topological polar surface area (TPSA) is 109 Å². The molecule has 0 saturated carbocycles. The van der Waals surface area contributed by atoms with E-state index >= 15 is 0 Å². The number of hydrogen-bond donors (Lipinski definition) is 3. The fourth-order valence-corrected chi connectivity index (χ4v) is 2.24. The number of nitrogens with one attached hydrogen (secondary N) is 1. The number of carbonyl (C=O) groups is 1. The van der Waals surface area contributed by atoms with Crippen molar-refractivity contribution in [1.82, 2.24) is 0 Å². The van der Waals surface area contributed by atoms with E-state index in [0.717, 1.165) is 25.3 Å². The van der Waals surface area contributed by atoms with Crippen LogP contribution in [0.3, 0.4) is 0 Å². The van der Waals surface area contributed by atoms with Crippen molar-refractivity contribution in [3.63, 3.8) is 0 Å². The third-order valence-electron chi connectivity index (χ3n) is 2.58. The lowest BCUT2D eigenvalue weighted by Crippen LogP contribution is -2.12. The minimum atomic E-state index is -4.39. The van der Waals surface area contributed by atoms with Crippen molar-refractivity contribution < 1.29 is 17.8 Å². The average molecular weight is 286 g/mol. The number of carbonyl (C=O) groups excluding carboxylic acids is 1. The Morgan fingerprint density at radius 3 is 2.63 bits per heavy atom. The maximum atomic E-state index is 11.6. The second-order valence-corrected chi connectivity index (χ2v) is 5.62. The number of hydrogen-bond acceptors (Lipinski definition) is 4. The molecular formula is C12H18N2O4S. The summed E-state index contributed by atoms with van der Waals surface area (Å²) < 4.78 is 31.1. The molecule has 0 fully saturated rings. The van der Waals surface area contributed by atoms with Gasteiger partial charge in [0.15, 0.2) is 0 Å². The van der Waals surface area contributed by atoms with Crippen molar-refractivity contribution in [3.05, 3.63) is 18.2 Å². The van der Waals surface area contributed by atoms with Gasteiger partial charge in [-0.25, -0.2) is 0 Å². The number of anilines is 2. The summed E-state index contributed by atoms with van der Waals surface area (Å²) in [5.74, 6) is -0.195. The maximum absolute atomic E-state index is 11.6. The quantitative estimate of drug-likeness (QED) is 0.421. The van der Waals surface area contributed by atoms with E-state index in [2.05, 4.69) is 5.32 Å². The smallest absolute Gasteiger partial charge is 0.296 e. The second kappa shape index (κ2) is 6.53. The Labute approximate surface area is 112 Å². The highest BCUT2D eigenvalue weighted by atomic mass is 32.2. The van der Waals surface area contributed by atoms with E-state index in [1.165, 1.54) is 12.1 Å². The standard InChI is InChI=1S/C12H18N2O4S/c1-2-3-4-5-12(15)14-9-6-7-10(13)11(8-9)19(16,17)18/h6-8H,2-5,13H2,1H3,(H,14,15)(H,16,17,18). The molecule has 0 atom stereocenters. The zero-order chi connectivity index (χ0) is 14.5. The Bertz CT molecular complexity index is 555. The summed E-state index contributed by atoms with van der Waals surface area (Å²) in [7, 11) is -4.39. The van der Waals surface area contributed by atoms with Crippen LogP contribution in [0.5, 0.6) is 0 Å². The Kier molecular flexibility index (Phi) is 5.31. The van der Waals surface area contributed by atoms with E-state index in [0.29, 0.717) is 12.1 Å². The molecule has 1 amide bonds. The zero-order valence-corrected chi connectivity index (χ0v) is 11.5. The van der Waals surface area contributed by atoms with Gasteiger partial charge in [0.25, 0.3) is 10.1 Å². The normalized spacial score (nSPS) is 11.3. The van der Waals surface area contributed by atoms with Crippen molar-refractivity contribution >= 4 is 27.4 Å². The van der Waals surface area contributed by atoms with Crippen molar-refractivity contribution in [1.29, 1.82) is 0 Å². The van der Waals surface area contributed by atoms with Crippen LogP contribution < -0.4 is 11.1 Å². The van der Waals surface area contributed by atoms with Gasteiger partial charge in [-0.2, -0.15) is 8.42 Å². The summed E-state index contributed by atoms with van der Waals surface area (Å²) in [5, 5.41) is 2.57. The number of nitrogens with two attached hydrogens (primary N) is 1. The molecule has 0 saturated heterocycles. The van der Waals surface area contributed by atoms with Crippen molar-refractivity contribution in [2.24, 2.45) is 0 Å². The number of amides is 1. The number of benzene rings is 1. The monoisotopic (exact) mass is 286 g/mol. The highest BCUT2D eigenvalue weighted by molar-refractivity contribution is 7.86. The lowest BCUT2D eigenvalue weighted by atomic mass is 10.2. The van der Waals surface area contributed by atoms with E-state index in [9.17, 15) is 13.2 Å². The first-order chi connectivity index (χ1) is 8.84. The first-order valence-corrected chi connectivity index (χ1v) is 7.45. The molecule has 1 aromatic rings. The minimum Gasteiger partial charge on any atom is -0.398 e. The highest BCUT2D eigenvalue weighted by Crippen LogP contribution is 2.22. The fourth-order valence-electron chi connectivity index (χ4n) is 1.59. The van der Waals surface area contributed by atoms with Gasteiger partial charge in [-0.15, -0.1) is 0 Å². The third-order valence-corrected chi connectivity index (χ3v) is 3.49. The van der Waals surface area contributed by atoms with Crippen LogP contribution >= 0.6 is 0 Å². The fraction of sp³-hybridized carbons (Fsp3) is 0.417. The zero-order valence-electron chi connectivity index (χ0n) is 10.7. The molecular weight excluding hydrogens is 268 g/mol. The number of unbranched alkanes of at least 4 members (excludes halogenated alkanes) is 2. The Hall–Kier alpha value is -1.60. The predicted octanol–water partition coefficient (Wildman–Crippen LogP) is 2.03. The molecule has 7 heteroatoms. The van der Waals surface area contributed by atoms with Gasteiger partial charge in [0.1, 0.15) is 4.90 Å². The molecule has 0 aliphatic carbocycles. The van der Waals surface area contributed by atoms with Gasteiger partial charge in [-0.1, -0.05) is 19.8 Å². The summed E-state index contributed by atoms with van der Waals surface area (Å²) in [5.41, 5.74) is 5.68. The first kappa shape index (κ1) is 15.5. The van der Waals surface area contributed by atoms with Gasteiger partial charge in [0, 0.05) is 12.1 Å². The van der Waals surface area contributed by atoms with Crippen LogP contribution in [0.1, 0.15) is 32.6 Å². The van der Waals surface area contributed by atoms with Crippen LogP contribution in [0, 0.1) is 0 Å². The molecule has 0 radical (unpaired) electrons. The number of nitrogen functional groups attached to an aromatic ring is 1. The van der Waals surface area contributed by atoms with Gasteiger partial charge >= 0.3 is 0 Å². The SMILES string of the molecule is CCCCCC(=O)Nc1ccc(N)c(S(=O)(=O)O)c1. The molecule has 0 heterocycles. The maximum Gasteiger partial charge on any atom is 0.296 e. The molecule has 0 aliphatic rings. The molecule has 4 N–H and O–H groups in total. The molecule has 0 spiro atoms. The van der Waals surface area contributed by atoms with Crippen molar-refractivity contribution in [2.75, 3.05) is 11.1 Å². The second-order valence-electron chi connectivity index (χ2n) is 4.23. The molecule has 0 unspecified atom stereocenters. The average Bonchev–Trinajstić information content (AvgIpc) is 2.30.